The summed E-state index contributed by atoms with van der Waals surface area (Å²) in [6, 6.07) is 62.6. The van der Waals surface area contributed by atoms with Gasteiger partial charge in [0, 0.05) is 39.3 Å². The number of fused-ring (bicyclic) bond motifs is 14. The van der Waals surface area contributed by atoms with Gasteiger partial charge >= 0.3 is 0 Å². The maximum atomic E-state index is 14.0. The Morgan fingerprint density at radius 1 is 0.603 bits per heavy atom. The van der Waals surface area contributed by atoms with E-state index in [4.69, 9.17) is 0 Å². The van der Waals surface area contributed by atoms with Gasteiger partial charge < -0.3 is 14.9 Å². The fraction of sp³-hybridized carbons (Fsp3) is 0.169. The van der Waals surface area contributed by atoms with Gasteiger partial charge in [-0.1, -0.05) is 179 Å². The molecule has 13 rings (SSSR count). The number of rotatable bonds is 5. The molecule has 0 aromatic heterocycles. The molecule has 1 unspecified atom stereocenters. The maximum absolute atomic E-state index is 14.0. The quantitative estimate of drug-likeness (QED) is 0.187. The van der Waals surface area contributed by atoms with E-state index in [0.29, 0.717) is 5.75 Å². The van der Waals surface area contributed by atoms with Crippen LogP contribution in [0.5, 0.6) is 5.75 Å². The monoisotopic (exact) mass is 878 g/mol. The van der Waals surface area contributed by atoms with Crippen LogP contribution in [0.25, 0.3) is 44.2 Å². The van der Waals surface area contributed by atoms with Gasteiger partial charge in [0.05, 0.1) is 22.3 Å². The number of phenolic OH excluding ortho intramolecular Hbond substituents is 1. The molecule has 1 aliphatic heterocycles. The summed E-state index contributed by atoms with van der Waals surface area (Å²) < 4.78 is 0. The van der Waals surface area contributed by atoms with E-state index in [1.807, 2.05) is 0 Å². The van der Waals surface area contributed by atoms with Crippen LogP contribution in [0.1, 0.15) is 80.3 Å². The van der Waals surface area contributed by atoms with Crippen LogP contribution in [0.2, 0.25) is 0 Å². The first-order valence-corrected chi connectivity index (χ1v) is 24.4. The van der Waals surface area contributed by atoms with Crippen LogP contribution in [0, 0.1) is 6.92 Å². The molecule has 8 aromatic carbocycles. The fourth-order valence-electron chi connectivity index (χ4n) is 12.9. The number of nitrogens with zero attached hydrogens (tertiary/aromatic N) is 2. The van der Waals surface area contributed by atoms with Gasteiger partial charge in [-0.25, -0.2) is 0 Å². The van der Waals surface area contributed by atoms with Gasteiger partial charge in [-0.15, -0.1) is 0 Å². The molecule has 0 radical (unpaired) electrons. The molecule has 0 amide bonds. The molecule has 4 aliphatic carbocycles. The first kappa shape index (κ1) is 40.6. The van der Waals surface area contributed by atoms with Crippen molar-refractivity contribution in [2.24, 2.45) is 0 Å². The second-order valence-electron chi connectivity index (χ2n) is 20.7. The number of para-hydroxylation sites is 1. The number of aryl methyl sites for hydroxylation is 1. The summed E-state index contributed by atoms with van der Waals surface area (Å²) in [6.45, 7) is 11.5. The molecule has 0 saturated heterocycles. The van der Waals surface area contributed by atoms with E-state index in [9.17, 15) is 5.11 Å². The van der Waals surface area contributed by atoms with Crippen LogP contribution >= 0.6 is 0 Å². The number of aromatic hydroxyl groups is 1. The summed E-state index contributed by atoms with van der Waals surface area (Å²) in [5.74, 6) is 0.308. The summed E-state index contributed by atoms with van der Waals surface area (Å²) in [5, 5.41) is 16.3. The first-order chi connectivity index (χ1) is 33.1. The van der Waals surface area contributed by atoms with E-state index in [0.717, 1.165) is 80.5 Å². The SMILES string of the molecule is Cc1ccccc1-c1c(N(C2=C3C4=C(CCC=C4)N(c4ccccc4)C3(C)CC=C2)c2ccc(C(C)(C)C)cc2)cc2c(c1O)-c1c(ccc3ccccc13)C21c2ccccc2-c2ccccc21. The number of hydrogen-bond donors (Lipinski definition) is 1. The Hall–Kier alpha value is -7.62. The third kappa shape index (κ3) is 5.47. The zero-order valence-electron chi connectivity index (χ0n) is 39.4. The largest absolute Gasteiger partial charge is 0.507 e. The predicted octanol–water partition coefficient (Wildman–Crippen LogP) is 16.4. The van der Waals surface area contributed by atoms with Crippen LogP contribution in [-0.4, -0.2) is 10.6 Å². The van der Waals surface area contributed by atoms with Gasteiger partial charge in [-0.2, -0.15) is 0 Å². The van der Waals surface area contributed by atoms with Crippen molar-refractivity contribution in [2.45, 2.75) is 70.3 Å². The van der Waals surface area contributed by atoms with E-state index in [-0.39, 0.29) is 11.0 Å². The summed E-state index contributed by atoms with van der Waals surface area (Å²) in [4.78, 5) is 5.15. The van der Waals surface area contributed by atoms with Crippen molar-refractivity contribution in [3.05, 3.63) is 250 Å². The fourth-order valence-corrected chi connectivity index (χ4v) is 12.9. The normalized spacial score (nSPS) is 18.2. The predicted molar refractivity (Wildman–Crippen MR) is 283 cm³/mol. The first-order valence-electron chi connectivity index (χ1n) is 24.4. The lowest BCUT2D eigenvalue weighted by atomic mass is 9.70. The molecular formula is C65H54N2O. The molecule has 1 atom stereocenters. The van der Waals surface area contributed by atoms with Gasteiger partial charge in [0.25, 0.3) is 0 Å². The molecule has 0 bridgehead atoms. The molecule has 330 valence electrons. The highest BCUT2D eigenvalue weighted by Gasteiger charge is 2.54. The number of hydrogen-bond acceptors (Lipinski definition) is 3. The van der Waals surface area contributed by atoms with Gasteiger partial charge in [0.15, 0.2) is 0 Å². The van der Waals surface area contributed by atoms with E-state index >= 15 is 0 Å². The van der Waals surface area contributed by atoms with Crippen LogP contribution in [-0.2, 0) is 10.8 Å². The Balaban J connectivity index is 1.20. The average molecular weight is 879 g/mol. The summed E-state index contributed by atoms with van der Waals surface area (Å²) in [6.07, 6.45) is 12.3. The molecule has 8 aromatic rings. The Morgan fingerprint density at radius 3 is 1.99 bits per heavy atom. The highest BCUT2D eigenvalue weighted by atomic mass is 16.3. The van der Waals surface area contributed by atoms with E-state index in [1.165, 1.54) is 55.9 Å². The second-order valence-corrected chi connectivity index (χ2v) is 20.7. The number of phenols is 1. The zero-order chi connectivity index (χ0) is 46.1. The molecule has 3 heteroatoms. The summed E-state index contributed by atoms with van der Waals surface area (Å²) in [7, 11) is 0. The van der Waals surface area contributed by atoms with Crippen molar-refractivity contribution in [3.63, 3.8) is 0 Å². The lowest BCUT2D eigenvalue weighted by Crippen LogP contribution is -2.45. The lowest BCUT2D eigenvalue weighted by Gasteiger charge is -2.43. The van der Waals surface area contributed by atoms with E-state index in [2.05, 4.69) is 239 Å². The topological polar surface area (TPSA) is 26.7 Å². The minimum Gasteiger partial charge on any atom is -0.507 e. The van der Waals surface area contributed by atoms with Crippen molar-refractivity contribution >= 4 is 27.8 Å². The zero-order valence-corrected chi connectivity index (χ0v) is 39.4. The van der Waals surface area contributed by atoms with E-state index < -0.39 is 5.41 Å². The maximum Gasteiger partial charge on any atom is 0.133 e. The van der Waals surface area contributed by atoms with Crippen LogP contribution in [0.15, 0.2) is 217 Å². The van der Waals surface area contributed by atoms with Crippen molar-refractivity contribution in [1.29, 1.82) is 0 Å². The van der Waals surface area contributed by atoms with Crippen molar-refractivity contribution in [1.82, 2.24) is 0 Å². The van der Waals surface area contributed by atoms with Gasteiger partial charge in [0.1, 0.15) is 5.75 Å². The van der Waals surface area contributed by atoms with Gasteiger partial charge in [-0.3, -0.25) is 0 Å². The third-order valence-corrected chi connectivity index (χ3v) is 15.9. The summed E-state index contributed by atoms with van der Waals surface area (Å²) in [5.41, 5.74) is 20.7. The van der Waals surface area contributed by atoms with Crippen LogP contribution in [0.3, 0.4) is 0 Å². The molecule has 1 N–H and O–H groups in total. The second kappa shape index (κ2) is 14.7. The van der Waals surface area contributed by atoms with Crippen LogP contribution in [0.4, 0.5) is 17.1 Å². The van der Waals surface area contributed by atoms with Crippen molar-refractivity contribution in [2.75, 3.05) is 9.80 Å². The van der Waals surface area contributed by atoms with Gasteiger partial charge in [0.2, 0.25) is 0 Å². The Morgan fingerprint density at radius 2 is 1.26 bits per heavy atom. The molecule has 5 aliphatic rings. The molecule has 1 spiro atoms. The van der Waals surface area contributed by atoms with Crippen molar-refractivity contribution < 1.29 is 5.11 Å². The molecule has 68 heavy (non-hydrogen) atoms. The van der Waals surface area contributed by atoms with Gasteiger partial charge in [-0.05, 0) is 141 Å². The highest BCUT2D eigenvalue weighted by molar-refractivity contribution is 6.11. The smallest absolute Gasteiger partial charge is 0.133 e. The molecule has 3 nitrogen and oxygen atoms in total. The molecule has 1 heterocycles. The molecular weight excluding hydrogens is 825 g/mol. The third-order valence-electron chi connectivity index (χ3n) is 15.9. The minimum atomic E-state index is -0.700. The highest BCUT2D eigenvalue weighted by Crippen LogP contribution is 2.68. The Kier molecular flexibility index (Phi) is 8.78. The Bertz CT molecular complexity index is 3510. The molecule has 0 fully saturated rings. The van der Waals surface area contributed by atoms with Crippen LogP contribution < -0.4 is 9.80 Å². The number of anilines is 3. The lowest BCUT2D eigenvalue weighted by molar-refractivity contribution is 0.479. The van der Waals surface area contributed by atoms with Crippen molar-refractivity contribution in [3.8, 4) is 39.1 Å². The summed E-state index contributed by atoms with van der Waals surface area (Å²) >= 11 is 0. The minimum absolute atomic E-state index is 0.0366. The van der Waals surface area contributed by atoms with E-state index in [1.54, 1.807) is 0 Å². The average Bonchev–Trinajstić information content (AvgIpc) is 3.94. The number of allylic oxidation sites excluding steroid dienone is 4. The number of benzene rings is 8. The standard InChI is InChI=1S/C65H54N2O/c1-41-20-9-11-24-46(41)59-57(40-54-60(62(59)68)58-47-25-12-10-21-42(47)33-38-53(58)65(54)51-29-16-13-26-48(51)49-27-14-17-30-52(49)65)66(44-36-34-43(35-37-44)63(2,3)4)56-32-19-39-64(5)61(56)50-28-15-18-31-55(50)67(64)45-22-7-6-8-23-45/h6-17,19-30,32-38,40,68H,18,31,39H2,1-5H3. The Labute approximate surface area is 400 Å². The molecule has 0 saturated carbocycles.